The third-order valence-corrected chi connectivity index (χ3v) is 2.70. The van der Waals surface area contributed by atoms with E-state index in [1.54, 1.807) is 24.3 Å². The summed E-state index contributed by atoms with van der Waals surface area (Å²) in [6.07, 6.45) is -0.501. The van der Waals surface area contributed by atoms with Gasteiger partial charge in [0.05, 0.1) is 6.61 Å². The maximum absolute atomic E-state index is 12.0. The summed E-state index contributed by atoms with van der Waals surface area (Å²) in [5.74, 6) is -0.311. The van der Waals surface area contributed by atoms with Gasteiger partial charge in [-0.1, -0.05) is 6.07 Å². The molecule has 0 saturated carbocycles. The van der Waals surface area contributed by atoms with Crippen molar-refractivity contribution in [3.05, 3.63) is 24.3 Å². The molecule has 1 fully saturated rings. The Kier molecular flexibility index (Phi) is 4.91. The van der Waals surface area contributed by atoms with Crippen molar-refractivity contribution in [1.29, 1.82) is 0 Å². The number of carbonyl (C=O) groups excluding carboxylic acids is 2. The Labute approximate surface area is 116 Å². The Morgan fingerprint density at radius 3 is 3.05 bits per heavy atom. The molecule has 1 heterocycles. The lowest BCUT2D eigenvalue weighted by atomic mass is 10.2. The highest BCUT2D eigenvalue weighted by Crippen LogP contribution is 2.17. The van der Waals surface area contributed by atoms with E-state index in [4.69, 9.17) is 15.2 Å². The van der Waals surface area contributed by atoms with Gasteiger partial charge in [-0.2, -0.15) is 0 Å². The first kappa shape index (κ1) is 14.3. The molecule has 4 N–H and O–H groups in total. The zero-order chi connectivity index (χ0) is 14.4. The zero-order valence-corrected chi connectivity index (χ0v) is 10.9. The van der Waals surface area contributed by atoms with E-state index in [2.05, 4.69) is 10.6 Å². The van der Waals surface area contributed by atoms with Crippen molar-refractivity contribution in [3.63, 3.8) is 0 Å². The van der Waals surface area contributed by atoms with Gasteiger partial charge >= 0.3 is 0 Å². The van der Waals surface area contributed by atoms with Crippen LogP contribution in [0.4, 0.5) is 5.69 Å². The summed E-state index contributed by atoms with van der Waals surface area (Å²) in [6.45, 7) is 1.55. The van der Waals surface area contributed by atoms with Gasteiger partial charge in [-0.25, -0.2) is 0 Å². The summed E-state index contributed by atoms with van der Waals surface area (Å²) >= 11 is 0. The van der Waals surface area contributed by atoms with Crippen molar-refractivity contribution < 1.29 is 19.1 Å². The first-order valence-corrected chi connectivity index (χ1v) is 6.29. The highest BCUT2D eigenvalue weighted by atomic mass is 16.5. The van der Waals surface area contributed by atoms with Crippen LogP contribution in [0, 0.1) is 0 Å². The molecule has 20 heavy (non-hydrogen) atoms. The lowest BCUT2D eigenvalue weighted by molar-refractivity contribution is -0.128. The second kappa shape index (κ2) is 6.88. The lowest BCUT2D eigenvalue weighted by Gasteiger charge is -2.22. The summed E-state index contributed by atoms with van der Waals surface area (Å²) in [6, 6.07) is 6.74. The van der Waals surface area contributed by atoms with Gasteiger partial charge in [-0.05, 0) is 12.1 Å². The Balaban J connectivity index is 1.93. The third-order valence-electron chi connectivity index (χ3n) is 2.70. The van der Waals surface area contributed by atoms with E-state index in [1.807, 2.05) is 0 Å². The Morgan fingerprint density at radius 1 is 1.50 bits per heavy atom. The summed E-state index contributed by atoms with van der Waals surface area (Å²) in [4.78, 5) is 22.6. The van der Waals surface area contributed by atoms with Crippen LogP contribution in [0.2, 0.25) is 0 Å². The standard InChI is InChI=1S/C13H17N3O4/c14-12(17)8-20-10-3-1-2-9(6-10)16-13(18)11-7-15-4-5-19-11/h1-3,6,11,15H,4-5,7-8H2,(H2,14,17)(H,16,18). The molecular weight excluding hydrogens is 262 g/mol. The van der Waals surface area contributed by atoms with Gasteiger partial charge in [0.15, 0.2) is 6.61 Å². The number of nitrogens with two attached hydrogens (primary N) is 1. The van der Waals surface area contributed by atoms with Crippen molar-refractivity contribution in [3.8, 4) is 5.75 Å². The number of hydrogen-bond acceptors (Lipinski definition) is 5. The number of carbonyl (C=O) groups is 2. The van der Waals surface area contributed by atoms with E-state index < -0.39 is 12.0 Å². The molecule has 0 bridgehead atoms. The van der Waals surface area contributed by atoms with Gasteiger partial charge in [0.2, 0.25) is 0 Å². The largest absolute Gasteiger partial charge is 0.484 e. The lowest BCUT2D eigenvalue weighted by Crippen LogP contribution is -2.45. The average Bonchev–Trinajstić information content (AvgIpc) is 2.46. The van der Waals surface area contributed by atoms with Crippen LogP contribution >= 0.6 is 0 Å². The number of ether oxygens (including phenoxy) is 2. The van der Waals surface area contributed by atoms with Gasteiger partial charge in [0, 0.05) is 24.8 Å². The van der Waals surface area contributed by atoms with Gasteiger partial charge < -0.3 is 25.8 Å². The quantitative estimate of drug-likeness (QED) is 0.673. The second-order valence-electron chi connectivity index (χ2n) is 4.34. The van der Waals surface area contributed by atoms with Gasteiger partial charge in [-0.3, -0.25) is 9.59 Å². The second-order valence-corrected chi connectivity index (χ2v) is 4.34. The molecule has 108 valence electrons. The SMILES string of the molecule is NC(=O)COc1cccc(NC(=O)C2CNCCO2)c1. The third kappa shape index (κ3) is 4.22. The molecule has 7 nitrogen and oxygen atoms in total. The Bertz CT molecular complexity index is 486. The topological polar surface area (TPSA) is 103 Å². The number of anilines is 1. The fraction of sp³-hybridized carbons (Fsp3) is 0.385. The van der Waals surface area contributed by atoms with Gasteiger partial charge in [0.25, 0.3) is 11.8 Å². The maximum Gasteiger partial charge on any atom is 0.255 e. The van der Waals surface area contributed by atoms with E-state index >= 15 is 0 Å². The van der Waals surface area contributed by atoms with Crippen molar-refractivity contribution in [2.45, 2.75) is 6.10 Å². The molecule has 7 heteroatoms. The first-order valence-electron chi connectivity index (χ1n) is 6.29. The van der Waals surface area contributed by atoms with Crippen LogP contribution < -0.4 is 21.1 Å². The van der Waals surface area contributed by atoms with Crippen molar-refractivity contribution in [1.82, 2.24) is 5.32 Å². The molecule has 1 aromatic carbocycles. The fourth-order valence-corrected chi connectivity index (χ4v) is 1.77. The summed E-state index contributed by atoms with van der Waals surface area (Å²) < 4.78 is 10.5. The smallest absolute Gasteiger partial charge is 0.255 e. The highest BCUT2D eigenvalue weighted by molar-refractivity contribution is 5.94. The minimum absolute atomic E-state index is 0.201. The minimum atomic E-state index is -0.555. The molecule has 2 rings (SSSR count). The van der Waals surface area contributed by atoms with Gasteiger partial charge in [-0.15, -0.1) is 0 Å². The zero-order valence-electron chi connectivity index (χ0n) is 10.9. The number of hydrogen-bond donors (Lipinski definition) is 3. The predicted octanol–water partition coefficient (Wildman–Crippen LogP) is -0.522. The van der Waals surface area contributed by atoms with Crippen molar-refractivity contribution in [2.75, 3.05) is 31.6 Å². The molecule has 1 aliphatic rings. The maximum atomic E-state index is 12.0. The first-order chi connectivity index (χ1) is 9.65. The Hall–Kier alpha value is -2.12. The highest BCUT2D eigenvalue weighted by Gasteiger charge is 2.21. The Morgan fingerprint density at radius 2 is 2.35 bits per heavy atom. The predicted molar refractivity (Wildman–Crippen MR) is 72.4 cm³/mol. The number of nitrogens with one attached hydrogen (secondary N) is 2. The summed E-state index contributed by atoms with van der Waals surface area (Å²) in [7, 11) is 0. The van der Waals surface area contributed by atoms with Crippen LogP contribution in [-0.4, -0.2) is 44.2 Å². The fourth-order valence-electron chi connectivity index (χ4n) is 1.77. The van der Waals surface area contributed by atoms with Crippen LogP contribution in [0.25, 0.3) is 0 Å². The molecule has 1 atom stereocenters. The van der Waals surface area contributed by atoms with Crippen LogP contribution in [0.15, 0.2) is 24.3 Å². The number of morpholine rings is 1. The van der Waals surface area contributed by atoms with E-state index in [-0.39, 0.29) is 12.5 Å². The van der Waals surface area contributed by atoms with E-state index in [9.17, 15) is 9.59 Å². The minimum Gasteiger partial charge on any atom is -0.484 e. The molecule has 0 radical (unpaired) electrons. The molecule has 1 aromatic rings. The van der Waals surface area contributed by atoms with Gasteiger partial charge in [0.1, 0.15) is 11.9 Å². The summed E-state index contributed by atoms with van der Waals surface area (Å²) in [5.41, 5.74) is 5.57. The summed E-state index contributed by atoms with van der Waals surface area (Å²) in [5, 5.41) is 5.82. The average molecular weight is 279 g/mol. The van der Waals surface area contributed by atoms with E-state index in [1.165, 1.54) is 0 Å². The van der Waals surface area contributed by atoms with E-state index in [0.29, 0.717) is 24.6 Å². The van der Waals surface area contributed by atoms with Crippen LogP contribution in [0.1, 0.15) is 0 Å². The van der Waals surface area contributed by atoms with Crippen LogP contribution in [-0.2, 0) is 14.3 Å². The number of primary amides is 1. The number of rotatable bonds is 5. The molecule has 2 amide bonds. The van der Waals surface area contributed by atoms with Crippen LogP contribution in [0.3, 0.4) is 0 Å². The van der Waals surface area contributed by atoms with Crippen molar-refractivity contribution >= 4 is 17.5 Å². The number of amides is 2. The molecule has 1 aliphatic heterocycles. The van der Waals surface area contributed by atoms with Crippen molar-refractivity contribution in [2.24, 2.45) is 5.73 Å². The number of benzene rings is 1. The molecular formula is C13H17N3O4. The van der Waals surface area contributed by atoms with E-state index in [0.717, 1.165) is 6.54 Å². The molecule has 0 aliphatic carbocycles. The molecule has 0 spiro atoms. The monoisotopic (exact) mass is 279 g/mol. The molecule has 1 saturated heterocycles. The molecule has 1 unspecified atom stereocenters. The normalized spacial score (nSPS) is 18.3. The molecule has 0 aromatic heterocycles. The van der Waals surface area contributed by atoms with Crippen LogP contribution in [0.5, 0.6) is 5.75 Å².